The lowest BCUT2D eigenvalue weighted by atomic mass is 9.49. The van der Waals surface area contributed by atoms with Crippen LogP contribution in [0.3, 0.4) is 0 Å². The van der Waals surface area contributed by atoms with Gasteiger partial charge in [-0.05, 0) is 36.4 Å². The maximum Gasteiger partial charge on any atom is 0.308 e. The van der Waals surface area contributed by atoms with E-state index >= 15 is 0 Å². The summed E-state index contributed by atoms with van der Waals surface area (Å²) in [7, 11) is 0. The summed E-state index contributed by atoms with van der Waals surface area (Å²) in [6.07, 6.45) is -0.175. The van der Waals surface area contributed by atoms with Crippen LogP contribution in [-0.4, -0.2) is 24.0 Å². The van der Waals surface area contributed by atoms with Crippen LogP contribution in [0.5, 0.6) is 11.5 Å². The summed E-state index contributed by atoms with van der Waals surface area (Å²) in [5.41, 5.74) is 0.170. The van der Waals surface area contributed by atoms with Crippen LogP contribution >= 0.6 is 11.6 Å². The number of carbonyl (C=O) groups is 2. The van der Waals surface area contributed by atoms with E-state index in [1.165, 1.54) is 6.92 Å². The van der Waals surface area contributed by atoms with E-state index in [4.69, 9.17) is 27.6 Å². The molecule has 1 aliphatic carbocycles. The summed E-state index contributed by atoms with van der Waals surface area (Å²) in [6, 6.07) is 11.3. The highest BCUT2D eigenvalue weighted by Gasteiger charge is 2.64. The van der Waals surface area contributed by atoms with Crippen molar-refractivity contribution in [3.63, 3.8) is 0 Å². The molecular weight excluding hydrogens is 416 g/mol. The molecule has 1 amide bonds. The van der Waals surface area contributed by atoms with Gasteiger partial charge in [-0.3, -0.25) is 9.59 Å². The minimum absolute atomic E-state index is 0.136. The van der Waals surface area contributed by atoms with E-state index in [0.29, 0.717) is 27.8 Å². The summed E-state index contributed by atoms with van der Waals surface area (Å²) in [4.78, 5) is 27.2. The number of esters is 1. The Hall–Kier alpha value is -3.04. The zero-order valence-electron chi connectivity index (χ0n) is 18.2. The first-order chi connectivity index (χ1) is 14.5. The van der Waals surface area contributed by atoms with Crippen LogP contribution in [0.1, 0.15) is 45.0 Å². The molecule has 0 radical (unpaired) electrons. The van der Waals surface area contributed by atoms with Gasteiger partial charge in [-0.15, -0.1) is 0 Å². The van der Waals surface area contributed by atoms with E-state index in [0.717, 1.165) is 0 Å². The number of hydrogen-bond acceptors (Lipinski definition) is 4. The Balaban J connectivity index is 1.72. The van der Waals surface area contributed by atoms with Gasteiger partial charge < -0.3 is 14.8 Å². The number of ether oxygens (including phenoxy) is 2. The van der Waals surface area contributed by atoms with Crippen LogP contribution in [0.4, 0.5) is 5.69 Å². The molecule has 1 saturated carbocycles. The lowest BCUT2D eigenvalue weighted by Crippen LogP contribution is -2.74. The molecular formula is C24H25ClN2O4. The van der Waals surface area contributed by atoms with Gasteiger partial charge in [0.25, 0.3) is 5.91 Å². The zero-order valence-corrected chi connectivity index (χ0v) is 18.9. The van der Waals surface area contributed by atoms with E-state index in [-0.39, 0.29) is 28.9 Å². The van der Waals surface area contributed by atoms with Crippen LogP contribution in [0.15, 0.2) is 42.5 Å². The zero-order chi connectivity index (χ0) is 23.0. The lowest BCUT2D eigenvalue weighted by molar-refractivity contribution is -0.164. The predicted octanol–water partition coefficient (Wildman–Crippen LogP) is 5.43. The average Bonchev–Trinajstić information content (AvgIpc) is 2.70. The van der Waals surface area contributed by atoms with E-state index < -0.39 is 5.97 Å². The fourth-order valence-corrected chi connectivity index (χ4v) is 4.86. The third kappa shape index (κ3) is 4.38. The number of carbonyl (C=O) groups excluding carboxylic acids is 2. The smallest absolute Gasteiger partial charge is 0.308 e. The predicted molar refractivity (Wildman–Crippen MR) is 119 cm³/mol. The van der Waals surface area contributed by atoms with Crippen LogP contribution in [-0.2, 0) is 4.79 Å². The summed E-state index contributed by atoms with van der Waals surface area (Å²) < 4.78 is 11.3. The molecule has 0 heterocycles. The van der Waals surface area contributed by atoms with Gasteiger partial charge in [-0.25, -0.2) is 4.85 Å². The highest BCUT2D eigenvalue weighted by atomic mass is 35.5. The first kappa shape index (κ1) is 22.6. The second-order valence-corrected chi connectivity index (χ2v) is 9.30. The molecule has 7 heteroatoms. The average molecular weight is 441 g/mol. The molecule has 2 aromatic rings. The van der Waals surface area contributed by atoms with Crippen LogP contribution in [0.25, 0.3) is 4.85 Å². The van der Waals surface area contributed by atoms with Gasteiger partial charge in [0.2, 0.25) is 5.69 Å². The third-order valence-corrected chi connectivity index (χ3v) is 6.09. The molecule has 3 rings (SSSR count). The molecule has 0 aromatic heterocycles. The second kappa shape index (κ2) is 8.24. The minimum atomic E-state index is -0.411. The van der Waals surface area contributed by atoms with Crippen molar-refractivity contribution < 1.29 is 19.1 Å². The summed E-state index contributed by atoms with van der Waals surface area (Å²) >= 11 is 6.14. The van der Waals surface area contributed by atoms with E-state index in [9.17, 15) is 9.59 Å². The van der Waals surface area contributed by atoms with Crippen molar-refractivity contribution in [2.75, 3.05) is 0 Å². The molecule has 1 fully saturated rings. The molecule has 0 saturated heterocycles. The molecule has 0 unspecified atom stereocenters. The molecule has 31 heavy (non-hydrogen) atoms. The quantitative estimate of drug-likeness (QED) is 0.382. The fourth-order valence-electron chi connectivity index (χ4n) is 4.64. The molecule has 6 nitrogen and oxygen atoms in total. The molecule has 0 atom stereocenters. The Bertz CT molecular complexity index is 1040. The first-order valence-corrected chi connectivity index (χ1v) is 10.3. The van der Waals surface area contributed by atoms with Gasteiger partial charge >= 0.3 is 5.97 Å². The standard InChI is InChI=1S/C24H25ClN2O4/c1-14(28)30-16-9-7-15(8-10-16)20(29)27-21-23(2,3)22(24(21,4)5)31-17-11-12-19(26-6)18(25)13-17/h7-13,21-22H,1-5H3,(H,27,29). The van der Waals surface area contributed by atoms with Crippen molar-refractivity contribution in [2.45, 2.75) is 46.8 Å². The van der Waals surface area contributed by atoms with Gasteiger partial charge in [0.05, 0.1) is 11.6 Å². The summed E-state index contributed by atoms with van der Waals surface area (Å²) in [5, 5.41) is 3.48. The molecule has 1 N–H and O–H groups in total. The highest BCUT2D eigenvalue weighted by molar-refractivity contribution is 6.33. The van der Waals surface area contributed by atoms with Gasteiger partial charge in [0, 0.05) is 29.4 Å². The SMILES string of the molecule is [C-]#[N+]c1ccc(OC2C(C)(C)C(NC(=O)c3ccc(OC(C)=O)cc3)C2(C)C)cc1Cl. The number of amides is 1. The maximum absolute atomic E-state index is 12.8. The van der Waals surface area contributed by atoms with Crippen molar-refractivity contribution in [3.8, 4) is 11.5 Å². The van der Waals surface area contributed by atoms with Crippen molar-refractivity contribution in [3.05, 3.63) is 64.5 Å². The highest BCUT2D eigenvalue weighted by Crippen LogP contribution is 2.55. The van der Waals surface area contributed by atoms with Crippen LogP contribution in [0.2, 0.25) is 5.02 Å². The Labute approximate surface area is 187 Å². The largest absolute Gasteiger partial charge is 0.489 e. The second-order valence-electron chi connectivity index (χ2n) is 8.89. The van der Waals surface area contributed by atoms with Crippen molar-refractivity contribution in [1.29, 1.82) is 0 Å². The van der Waals surface area contributed by atoms with Crippen LogP contribution in [0, 0.1) is 17.4 Å². The van der Waals surface area contributed by atoms with Gasteiger partial charge in [0.15, 0.2) is 0 Å². The van der Waals surface area contributed by atoms with E-state index in [2.05, 4.69) is 10.2 Å². The van der Waals surface area contributed by atoms with Crippen molar-refractivity contribution in [2.24, 2.45) is 10.8 Å². The Kier molecular flexibility index (Phi) is 6.02. The first-order valence-electron chi connectivity index (χ1n) is 9.90. The molecule has 162 valence electrons. The van der Waals surface area contributed by atoms with Gasteiger partial charge in [-0.2, -0.15) is 0 Å². The Morgan fingerprint density at radius 3 is 2.13 bits per heavy atom. The monoisotopic (exact) mass is 440 g/mol. The van der Waals surface area contributed by atoms with Crippen LogP contribution < -0.4 is 14.8 Å². The Morgan fingerprint density at radius 2 is 1.61 bits per heavy atom. The minimum Gasteiger partial charge on any atom is -0.489 e. The maximum atomic E-state index is 12.8. The number of nitrogens with zero attached hydrogens (tertiary/aromatic N) is 1. The van der Waals surface area contributed by atoms with E-state index in [1.807, 2.05) is 27.7 Å². The van der Waals surface area contributed by atoms with Gasteiger partial charge in [0.1, 0.15) is 17.6 Å². The fraction of sp³-hybridized carbons (Fsp3) is 0.375. The molecule has 2 aromatic carbocycles. The van der Waals surface area contributed by atoms with Gasteiger partial charge in [-0.1, -0.05) is 45.4 Å². The normalized spacial score (nSPS) is 20.7. The molecule has 0 aliphatic heterocycles. The topological polar surface area (TPSA) is 69.0 Å². The Morgan fingerprint density at radius 1 is 1.03 bits per heavy atom. The van der Waals surface area contributed by atoms with E-state index in [1.54, 1.807) is 42.5 Å². The summed E-state index contributed by atoms with van der Waals surface area (Å²) in [5.74, 6) is 0.369. The van der Waals surface area contributed by atoms with Crippen molar-refractivity contribution >= 4 is 29.2 Å². The molecule has 1 aliphatic rings. The van der Waals surface area contributed by atoms with Crippen molar-refractivity contribution in [1.82, 2.24) is 5.32 Å². The number of nitrogens with one attached hydrogen (secondary N) is 1. The molecule has 0 bridgehead atoms. The third-order valence-electron chi connectivity index (χ3n) is 5.79. The molecule has 0 spiro atoms. The number of hydrogen-bond donors (Lipinski definition) is 1. The number of benzene rings is 2. The number of rotatable bonds is 5. The summed E-state index contributed by atoms with van der Waals surface area (Å²) in [6.45, 7) is 16.6. The lowest BCUT2D eigenvalue weighted by Gasteiger charge is -2.63. The number of halogens is 1.